The van der Waals surface area contributed by atoms with Crippen molar-refractivity contribution in [2.45, 2.75) is 44.8 Å². The maximum atomic E-state index is 11.8. The van der Waals surface area contributed by atoms with Gasteiger partial charge in [-0.3, -0.25) is 4.79 Å². The highest BCUT2D eigenvalue weighted by atomic mass is 16.6. The minimum atomic E-state index is -0.440. The predicted molar refractivity (Wildman–Crippen MR) is 61.5 cm³/mol. The number of aromatic nitrogens is 1. The number of rotatable bonds is 2. The van der Waals surface area contributed by atoms with E-state index in [-0.39, 0.29) is 17.9 Å². The lowest BCUT2D eigenvalue weighted by atomic mass is 10.0. The molecule has 1 aromatic rings. The van der Waals surface area contributed by atoms with Gasteiger partial charge in [0.25, 0.3) is 0 Å². The minimum absolute atomic E-state index is 0.191. The van der Waals surface area contributed by atoms with Crippen LogP contribution in [0, 0.1) is 0 Å². The molecule has 1 saturated heterocycles. The molecular formula is C12H18N2O3. The van der Waals surface area contributed by atoms with Crippen molar-refractivity contribution in [1.82, 2.24) is 10.5 Å². The lowest BCUT2D eigenvalue weighted by molar-refractivity contribution is -0.157. The number of hydrogen-bond donors (Lipinski definition) is 1. The van der Waals surface area contributed by atoms with Crippen LogP contribution in [0.25, 0.3) is 0 Å². The minimum Gasteiger partial charge on any atom is -0.459 e. The number of esters is 1. The maximum absolute atomic E-state index is 11.8. The molecule has 2 atom stereocenters. The zero-order valence-electron chi connectivity index (χ0n) is 10.4. The molecule has 17 heavy (non-hydrogen) atoms. The molecule has 0 radical (unpaired) electrons. The van der Waals surface area contributed by atoms with Crippen LogP contribution in [-0.4, -0.2) is 29.3 Å². The quantitative estimate of drug-likeness (QED) is 0.790. The van der Waals surface area contributed by atoms with Crippen LogP contribution in [0.15, 0.2) is 16.9 Å². The molecule has 1 aliphatic rings. The van der Waals surface area contributed by atoms with Crippen LogP contribution in [0.2, 0.25) is 0 Å². The number of nitrogens with zero attached hydrogens (tertiary/aromatic N) is 1. The molecule has 2 heterocycles. The van der Waals surface area contributed by atoms with Crippen LogP contribution < -0.4 is 5.32 Å². The third kappa shape index (κ3) is 3.06. The Morgan fingerprint density at radius 3 is 2.94 bits per heavy atom. The second-order valence-electron chi connectivity index (χ2n) is 5.35. The second-order valence-corrected chi connectivity index (χ2v) is 5.35. The van der Waals surface area contributed by atoms with Crippen molar-refractivity contribution in [3.8, 4) is 0 Å². The Labute approximate surface area is 101 Å². The Kier molecular flexibility index (Phi) is 3.19. The number of carbonyl (C=O) groups is 1. The van der Waals surface area contributed by atoms with Gasteiger partial charge in [-0.05, 0) is 27.2 Å². The smallest absolute Gasteiger partial charge is 0.323 e. The summed E-state index contributed by atoms with van der Waals surface area (Å²) in [4.78, 5) is 11.8. The second kappa shape index (κ2) is 4.49. The van der Waals surface area contributed by atoms with Gasteiger partial charge in [-0.25, -0.2) is 0 Å². The van der Waals surface area contributed by atoms with E-state index >= 15 is 0 Å². The monoisotopic (exact) mass is 238 g/mol. The first-order chi connectivity index (χ1) is 7.96. The molecule has 0 amide bonds. The first kappa shape index (κ1) is 12.1. The van der Waals surface area contributed by atoms with E-state index in [1.807, 2.05) is 26.8 Å². The summed E-state index contributed by atoms with van der Waals surface area (Å²) in [6.45, 7) is 6.34. The fourth-order valence-electron chi connectivity index (χ4n) is 1.95. The first-order valence-corrected chi connectivity index (χ1v) is 5.82. The van der Waals surface area contributed by atoms with E-state index in [2.05, 4.69) is 10.5 Å². The van der Waals surface area contributed by atoms with E-state index < -0.39 is 5.60 Å². The predicted octanol–water partition coefficient (Wildman–Crippen LogP) is 1.46. The third-order valence-corrected chi connectivity index (χ3v) is 2.70. The van der Waals surface area contributed by atoms with Crippen LogP contribution >= 0.6 is 0 Å². The van der Waals surface area contributed by atoms with Gasteiger partial charge in [0.2, 0.25) is 0 Å². The molecule has 1 N–H and O–H groups in total. The van der Waals surface area contributed by atoms with Gasteiger partial charge < -0.3 is 14.6 Å². The average Bonchev–Trinajstić information content (AvgIpc) is 2.86. The lowest BCUT2D eigenvalue weighted by Crippen LogP contribution is -2.37. The summed E-state index contributed by atoms with van der Waals surface area (Å²) in [6, 6.07) is 1.60. The molecule has 1 aliphatic heterocycles. The Bertz CT molecular complexity index is 381. The molecule has 2 rings (SSSR count). The number of nitrogens with one attached hydrogen (secondary N) is 1. The highest BCUT2D eigenvalue weighted by molar-refractivity contribution is 5.76. The van der Waals surface area contributed by atoms with Gasteiger partial charge in [-0.2, -0.15) is 0 Å². The molecular weight excluding hydrogens is 220 g/mol. The summed E-state index contributed by atoms with van der Waals surface area (Å²) in [6.07, 6.45) is 2.26. The molecule has 5 nitrogen and oxygen atoms in total. The Morgan fingerprint density at radius 1 is 1.59 bits per heavy atom. The fraction of sp³-hybridized carbons (Fsp3) is 0.667. The highest BCUT2D eigenvalue weighted by Gasteiger charge is 2.34. The molecule has 5 heteroatoms. The molecule has 0 spiro atoms. The van der Waals surface area contributed by atoms with Gasteiger partial charge in [-0.1, -0.05) is 5.16 Å². The summed E-state index contributed by atoms with van der Waals surface area (Å²) < 4.78 is 10.2. The molecule has 2 unspecified atom stereocenters. The molecule has 0 saturated carbocycles. The molecule has 0 aromatic carbocycles. The van der Waals surface area contributed by atoms with E-state index in [9.17, 15) is 4.79 Å². The zero-order valence-corrected chi connectivity index (χ0v) is 10.4. The van der Waals surface area contributed by atoms with Crippen LogP contribution in [0.4, 0.5) is 0 Å². The van der Waals surface area contributed by atoms with Crippen LogP contribution in [0.3, 0.4) is 0 Å². The van der Waals surface area contributed by atoms with Crippen LogP contribution in [0.1, 0.15) is 38.8 Å². The van der Waals surface area contributed by atoms with Crippen molar-refractivity contribution in [2.24, 2.45) is 0 Å². The molecule has 0 bridgehead atoms. The van der Waals surface area contributed by atoms with Crippen LogP contribution in [-0.2, 0) is 9.53 Å². The number of hydrogen-bond acceptors (Lipinski definition) is 5. The van der Waals surface area contributed by atoms with Gasteiger partial charge in [0.15, 0.2) is 0 Å². The molecule has 94 valence electrons. The molecule has 1 aromatic heterocycles. The zero-order chi connectivity index (χ0) is 12.5. The van der Waals surface area contributed by atoms with Gasteiger partial charge in [0, 0.05) is 18.5 Å². The van der Waals surface area contributed by atoms with Crippen molar-refractivity contribution in [2.75, 3.05) is 6.54 Å². The Hall–Kier alpha value is -1.36. The van der Waals surface area contributed by atoms with Crippen molar-refractivity contribution < 1.29 is 14.1 Å². The SMILES string of the molecule is CC(C)(C)OC(=O)C1CC(c2ccon2)CN1. The van der Waals surface area contributed by atoms with Crippen LogP contribution in [0.5, 0.6) is 0 Å². The van der Waals surface area contributed by atoms with Crippen molar-refractivity contribution in [3.05, 3.63) is 18.0 Å². The van der Waals surface area contributed by atoms with E-state index in [1.165, 1.54) is 0 Å². The van der Waals surface area contributed by atoms with Crippen molar-refractivity contribution in [3.63, 3.8) is 0 Å². The topological polar surface area (TPSA) is 64.4 Å². The van der Waals surface area contributed by atoms with E-state index in [4.69, 9.17) is 9.26 Å². The number of ether oxygens (including phenoxy) is 1. The van der Waals surface area contributed by atoms with Gasteiger partial charge >= 0.3 is 5.97 Å². The number of carbonyl (C=O) groups excluding carboxylic acids is 1. The van der Waals surface area contributed by atoms with E-state index in [0.29, 0.717) is 6.42 Å². The van der Waals surface area contributed by atoms with E-state index in [0.717, 1.165) is 12.2 Å². The standard InChI is InChI=1S/C12H18N2O3/c1-12(2,3)17-11(15)10-6-8(7-13-10)9-4-5-16-14-9/h4-5,8,10,13H,6-7H2,1-3H3. The summed E-state index contributed by atoms with van der Waals surface area (Å²) in [7, 11) is 0. The summed E-state index contributed by atoms with van der Waals surface area (Å²) in [5, 5.41) is 7.06. The molecule has 0 aliphatic carbocycles. The molecule has 1 fully saturated rings. The average molecular weight is 238 g/mol. The van der Waals surface area contributed by atoms with Gasteiger partial charge in [0.05, 0.1) is 5.69 Å². The third-order valence-electron chi connectivity index (χ3n) is 2.70. The van der Waals surface area contributed by atoms with Gasteiger partial charge in [0.1, 0.15) is 17.9 Å². The first-order valence-electron chi connectivity index (χ1n) is 5.82. The van der Waals surface area contributed by atoms with E-state index in [1.54, 1.807) is 6.26 Å². The lowest BCUT2D eigenvalue weighted by Gasteiger charge is -2.22. The summed E-state index contributed by atoms with van der Waals surface area (Å²) in [5.74, 6) is 0.0368. The summed E-state index contributed by atoms with van der Waals surface area (Å²) in [5.41, 5.74) is 0.452. The van der Waals surface area contributed by atoms with Gasteiger partial charge in [-0.15, -0.1) is 0 Å². The highest BCUT2D eigenvalue weighted by Crippen LogP contribution is 2.25. The van der Waals surface area contributed by atoms with Crippen molar-refractivity contribution in [1.29, 1.82) is 0 Å². The maximum Gasteiger partial charge on any atom is 0.323 e. The normalized spacial score (nSPS) is 24.9. The Morgan fingerprint density at radius 2 is 2.35 bits per heavy atom. The fourth-order valence-corrected chi connectivity index (χ4v) is 1.95. The van der Waals surface area contributed by atoms with Crippen molar-refractivity contribution >= 4 is 5.97 Å². The summed E-state index contributed by atoms with van der Waals surface area (Å²) >= 11 is 0. The largest absolute Gasteiger partial charge is 0.459 e. The Balaban J connectivity index is 1.92.